The number of aryl methyl sites for hydroxylation is 2. The minimum absolute atomic E-state index is 0.0744. The second-order valence-corrected chi connectivity index (χ2v) is 11.9. The van der Waals surface area contributed by atoms with Gasteiger partial charge < -0.3 is 15.0 Å². The maximum atomic E-state index is 14.0. The van der Waals surface area contributed by atoms with Crippen molar-refractivity contribution in [3.8, 4) is 5.75 Å². The number of ether oxygens (including phenoxy) is 1. The summed E-state index contributed by atoms with van der Waals surface area (Å²) in [6, 6.07) is 19.8. The van der Waals surface area contributed by atoms with Gasteiger partial charge in [0.25, 0.3) is 10.0 Å². The lowest BCUT2D eigenvalue weighted by atomic mass is 10.1. The van der Waals surface area contributed by atoms with Crippen LogP contribution in [0.25, 0.3) is 0 Å². The van der Waals surface area contributed by atoms with Gasteiger partial charge >= 0.3 is 0 Å². The van der Waals surface area contributed by atoms with Gasteiger partial charge in [0.1, 0.15) is 18.3 Å². The Hall–Kier alpha value is -3.85. The number of carbonyl (C=O) groups is 2. The normalized spacial score (nSPS) is 12.8. The molecular weight excluding hydrogens is 526 g/mol. The van der Waals surface area contributed by atoms with Crippen LogP contribution in [-0.2, 0) is 26.2 Å². The Morgan fingerprint density at radius 2 is 1.52 bits per heavy atom. The quantitative estimate of drug-likeness (QED) is 0.339. The largest absolute Gasteiger partial charge is 0.497 e. The molecule has 0 radical (unpaired) electrons. The van der Waals surface area contributed by atoms with E-state index in [0.29, 0.717) is 11.4 Å². The molecule has 0 aliphatic heterocycles. The van der Waals surface area contributed by atoms with Crippen LogP contribution in [0.3, 0.4) is 0 Å². The SMILES string of the molecule is CCC(C)NC(=O)C(C)N(Cc1cccc(OC)c1)C(=O)CN(c1ccc(C)cc1)S(=O)(=O)c1ccc(C)cc1. The third kappa shape index (κ3) is 7.63. The van der Waals surface area contributed by atoms with Gasteiger partial charge in [0, 0.05) is 12.6 Å². The molecule has 0 aliphatic carbocycles. The Labute approximate surface area is 238 Å². The predicted molar refractivity (Wildman–Crippen MR) is 158 cm³/mol. The van der Waals surface area contributed by atoms with E-state index in [2.05, 4.69) is 5.32 Å². The van der Waals surface area contributed by atoms with Gasteiger partial charge in [-0.1, -0.05) is 54.4 Å². The predicted octanol–water partition coefficient (Wildman–Crippen LogP) is 4.84. The molecule has 2 amide bonds. The molecule has 40 heavy (non-hydrogen) atoms. The van der Waals surface area contributed by atoms with Gasteiger partial charge in [-0.25, -0.2) is 8.42 Å². The summed E-state index contributed by atoms with van der Waals surface area (Å²) in [5.41, 5.74) is 2.98. The molecule has 0 spiro atoms. The third-order valence-corrected chi connectivity index (χ3v) is 8.65. The van der Waals surface area contributed by atoms with Crippen LogP contribution < -0.4 is 14.4 Å². The van der Waals surface area contributed by atoms with Gasteiger partial charge in [-0.05, 0) is 76.1 Å². The smallest absolute Gasteiger partial charge is 0.264 e. The molecule has 0 fully saturated rings. The zero-order chi connectivity index (χ0) is 29.4. The lowest BCUT2D eigenvalue weighted by Crippen LogP contribution is -2.52. The van der Waals surface area contributed by atoms with Gasteiger partial charge in [-0.2, -0.15) is 0 Å². The second kappa shape index (κ2) is 13.5. The number of benzene rings is 3. The molecule has 0 saturated carbocycles. The molecule has 214 valence electrons. The van der Waals surface area contributed by atoms with E-state index in [0.717, 1.165) is 27.4 Å². The van der Waals surface area contributed by atoms with Gasteiger partial charge in [-0.15, -0.1) is 0 Å². The maximum Gasteiger partial charge on any atom is 0.264 e. The summed E-state index contributed by atoms with van der Waals surface area (Å²) in [6.45, 7) is 8.90. The summed E-state index contributed by atoms with van der Waals surface area (Å²) in [6.07, 6.45) is 0.734. The highest BCUT2D eigenvalue weighted by atomic mass is 32.2. The van der Waals surface area contributed by atoms with Crippen LogP contribution in [0.5, 0.6) is 5.75 Å². The zero-order valence-electron chi connectivity index (χ0n) is 24.0. The van der Waals surface area contributed by atoms with Crippen LogP contribution in [0.4, 0.5) is 5.69 Å². The maximum absolute atomic E-state index is 14.0. The number of rotatable bonds is 12. The van der Waals surface area contributed by atoms with E-state index < -0.39 is 28.5 Å². The number of hydrogen-bond donors (Lipinski definition) is 1. The van der Waals surface area contributed by atoms with Crippen molar-refractivity contribution in [1.82, 2.24) is 10.2 Å². The first-order chi connectivity index (χ1) is 19.0. The van der Waals surface area contributed by atoms with Gasteiger partial charge in [0.2, 0.25) is 11.8 Å². The molecule has 1 N–H and O–H groups in total. The van der Waals surface area contributed by atoms with Gasteiger partial charge in [-0.3, -0.25) is 13.9 Å². The van der Waals surface area contributed by atoms with E-state index >= 15 is 0 Å². The summed E-state index contributed by atoms with van der Waals surface area (Å²) in [4.78, 5) is 28.6. The van der Waals surface area contributed by atoms with Crippen molar-refractivity contribution in [2.75, 3.05) is 18.0 Å². The molecule has 3 aromatic rings. The molecule has 3 rings (SSSR count). The summed E-state index contributed by atoms with van der Waals surface area (Å²) in [7, 11) is -2.54. The van der Waals surface area contributed by atoms with Crippen LogP contribution in [-0.4, -0.2) is 50.9 Å². The Morgan fingerprint density at radius 3 is 2.10 bits per heavy atom. The van der Waals surface area contributed by atoms with Crippen molar-refractivity contribution >= 4 is 27.5 Å². The molecule has 8 nitrogen and oxygen atoms in total. The molecule has 3 aromatic carbocycles. The Bertz CT molecular complexity index is 1410. The monoisotopic (exact) mass is 565 g/mol. The Kier molecular flexibility index (Phi) is 10.3. The first-order valence-corrected chi connectivity index (χ1v) is 14.8. The minimum atomic E-state index is -4.10. The van der Waals surface area contributed by atoms with E-state index in [9.17, 15) is 18.0 Å². The summed E-state index contributed by atoms with van der Waals surface area (Å²) < 4.78 is 34.2. The lowest BCUT2D eigenvalue weighted by molar-refractivity contribution is -0.139. The molecule has 0 aliphatic rings. The fourth-order valence-corrected chi connectivity index (χ4v) is 5.51. The number of amides is 2. The summed E-state index contributed by atoms with van der Waals surface area (Å²) >= 11 is 0. The van der Waals surface area contributed by atoms with Crippen LogP contribution in [0.2, 0.25) is 0 Å². The number of methoxy groups -OCH3 is 1. The molecule has 0 aromatic heterocycles. The van der Waals surface area contributed by atoms with E-state index in [1.165, 1.54) is 17.0 Å². The molecule has 2 atom stereocenters. The average Bonchev–Trinajstić information content (AvgIpc) is 2.94. The van der Waals surface area contributed by atoms with Crippen molar-refractivity contribution < 1.29 is 22.7 Å². The highest BCUT2D eigenvalue weighted by Gasteiger charge is 2.32. The number of hydrogen-bond acceptors (Lipinski definition) is 5. The molecule has 9 heteroatoms. The van der Waals surface area contributed by atoms with Crippen molar-refractivity contribution in [2.45, 2.75) is 64.6 Å². The first kappa shape index (κ1) is 30.7. The van der Waals surface area contributed by atoms with Crippen LogP contribution >= 0.6 is 0 Å². The fraction of sp³-hybridized carbons (Fsp3) is 0.355. The summed E-state index contributed by atoms with van der Waals surface area (Å²) in [5, 5.41) is 2.94. The molecular formula is C31H39N3O5S. The van der Waals surface area contributed by atoms with E-state index in [4.69, 9.17) is 4.74 Å². The van der Waals surface area contributed by atoms with E-state index in [1.807, 2.05) is 33.8 Å². The second-order valence-electron chi connectivity index (χ2n) is 10.0. The van der Waals surface area contributed by atoms with Gasteiger partial charge in [0.05, 0.1) is 17.7 Å². The molecule has 0 saturated heterocycles. The van der Waals surface area contributed by atoms with Crippen molar-refractivity contribution in [3.63, 3.8) is 0 Å². The number of anilines is 1. The Balaban J connectivity index is 2.03. The van der Waals surface area contributed by atoms with Crippen LogP contribution in [0, 0.1) is 13.8 Å². The van der Waals surface area contributed by atoms with Crippen molar-refractivity contribution in [3.05, 3.63) is 89.5 Å². The molecule has 0 heterocycles. The highest BCUT2D eigenvalue weighted by Crippen LogP contribution is 2.25. The first-order valence-electron chi connectivity index (χ1n) is 13.3. The standard InChI is InChI=1S/C31H39N3O5S/c1-7-24(4)32-31(36)25(5)33(20-26-9-8-10-28(19-26)39-6)30(35)21-34(27-15-11-22(2)12-16-27)40(37,38)29-17-13-23(3)14-18-29/h8-19,24-25H,7,20-21H2,1-6H3,(H,32,36). The van der Waals surface area contributed by atoms with Crippen molar-refractivity contribution in [2.24, 2.45) is 0 Å². The average molecular weight is 566 g/mol. The lowest BCUT2D eigenvalue weighted by Gasteiger charge is -2.32. The molecule has 0 bridgehead atoms. The number of nitrogens with zero attached hydrogens (tertiary/aromatic N) is 2. The van der Waals surface area contributed by atoms with E-state index in [-0.39, 0.29) is 23.4 Å². The number of sulfonamides is 1. The van der Waals surface area contributed by atoms with Crippen LogP contribution in [0.15, 0.2) is 77.7 Å². The number of carbonyl (C=O) groups excluding carboxylic acids is 2. The highest BCUT2D eigenvalue weighted by molar-refractivity contribution is 7.92. The van der Waals surface area contributed by atoms with Crippen LogP contribution in [0.1, 0.15) is 43.9 Å². The Morgan fingerprint density at radius 1 is 0.925 bits per heavy atom. The topological polar surface area (TPSA) is 96.0 Å². The third-order valence-electron chi connectivity index (χ3n) is 6.87. The fourth-order valence-electron chi connectivity index (χ4n) is 4.09. The minimum Gasteiger partial charge on any atom is -0.497 e. The molecule has 2 unspecified atom stereocenters. The number of nitrogens with one attached hydrogen (secondary N) is 1. The zero-order valence-corrected chi connectivity index (χ0v) is 24.9. The summed E-state index contributed by atoms with van der Waals surface area (Å²) in [5.74, 6) is -0.204. The van der Waals surface area contributed by atoms with Crippen molar-refractivity contribution in [1.29, 1.82) is 0 Å². The van der Waals surface area contributed by atoms with E-state index in [1.54, 1.807) is 68.6 Å². The van der Waals surface area contributed by atoms with Gasteiger partial charge in [0.15, 0.2) is 0 Å².